The summed E-state index contributed by atoms with van der Waals surface area (Å²) in [6, 6.07) is 0. The highest BCUT2D eigenvalue weighted by molar-refractivity contribution is 7.47. The molecule has 0 spiro atoms. The number of carbonyl (C=O) groups excluding carboxylic acids is 2. The van der Waals surface area contributed by atoms with Crippen molar-refractivity contribution in [3.63, 3.8) is 0 Å². The maximum atomic E-state index is 12.3. The van der Waals surface area contributed by atoms with Crippen LogP contribution in [0.1, 0.15) is 104 Å². The van der Waals surface area contributed by atoms with Crippen molar-refractivity contribution in [3.8, 4) is 0 Å². The molecule has 0 amide bonds. The molecule has 3 atom stereocenters. The van der Waals surface area contributed by atoms with Gasteiger partial charge in [0.15, 0.2) is 6.10 Å². The Morgan fingerprint density at radius 1 is 0.769 bits per heavy atom. The minimum absolute atomic E-state index is 0.168. The van der Waals surface area contributed by atoms with Crippen molar-refractivity contribution in [1.29, 1.82) is 0 Å². The summed E-state index contributed by atoms with van der Waals surface area (Å²) in [7, 11) is -4.59. The van der Waals surface area contributed by atoms with Gasteiger partial charge in [0.2, 0.25) is 0 Å². The molecule has 3 N–H and O–H groups in total. The van der Waals surface area contributed by atoms with Gasteiger partial charge in [0.1, 0.15) is 12.7 Å². The van der Waals surface area contributed by atoms with E-state index in [1.807, 2.05) is 6.92 Å². The highest BCUT2D eigenvalue weighted by Crippen LogP contribution is 2.43. The molecule has 0 heterocycles. The molecule has 3 unspecified atom stereocenters. The van der Waals surface area contributed by atoms with E-state index in [1.54, 1.807) is 0 Å². The summed E-state index contributed by atoms with van der Waals surface area (Å²) < 4.78 is 32.0. The molecule has 0 aromatic carbocycles. The van der Waals surface area contributed by atoms with E-state index < -0.39 is 51.8 Å². The number of esters is 2. The second-order valence-corrected chi connectivity index (χ2v) is 10.9. The van der Waals surface area contributed by atoms with Crippen LogP contribution in [0.4, 0.5) is 0 Å². The average Bonchev–Trinajstić information content (AvgIpc) is 2.91. The monoisotopic (exact) mass is 578 g/mol. The van der Waals surface area contributed by atoms with Crippen molar-refractivity contribution >= 4 is 19.8 Å². The average molecular weight is 579 g/mol. The Balaban J connectivity index is 4.40. The van der Waals surface area contributed by atoms with E-state index in [9.17, 15) is 24.2 Å². The third kappa shape index (κ3) is 25.2. The van der Waals surface area contributed by atoms with E-state index in [1.165, 1.54) is 6.42 Å². The highest BCUT2D eigenvalue weighted by Gasteiger charge is 2.27. The van der Waals surface area contributed by atoms with Crippen LogP contribution in [0.15, 0.2) is 24.3 Å². The first kappa shape index (κ1) is 37.5. The van der Waals surface area contributed by atoms with E-state index in [0.717, 1.165) is 57.8 Å². The van der Waals surface area contributed by atoms with E-state index in [0.29, 0.717) is 12.8 Å². The molecule has 0 saturated heterocycles. The largest absolute Gasteiger partial charge is 0.472 e. The molecule has 11 heteroatoms. The van der Waals surface area contributed by atoms with Crippen molar-refractivity contribution < 1.29 is 47.8 Å². The number of carbonyl (C=O) groups is 2. The standard InChI is InChI=1S/C28H51O10P/c1-3-5-7-8-9-10-11-12-13-14-15-16-18-20-28(32)38-26(23-35-27(31)19-17-6-4-2)24-37-39(33,34)36-22-25(30)21-29/h7-8,10-11,25-26,29-30H,3-6,9,12-24H2,1-2H3,(H,33,34)/b8-7-,11-10-. The van der Waals surface area contributed by atoms with Crippen LogP contribution in [0.2, 0.25) is 0 Å². The predicted molar refractivity (Wildman–Crippen MR) is 150 cm³/mol. The molecule has 0 radical (unpaired) electrons. The lowest BCUT2D eigenvalue weighted by atomic mass is 10.1. The van der Waals surface area contributed by atoms with Crippen molar-refractivity contribution in [2.45, 2.75) is 116 Å². The zero-order chi connectivity index (χ0) is 29.2. The van der Waals surface area contributed by atoms with Gasteiger partial charge in [0.25, 0.3) is 0 Å². The Morgan fingerprint density at radius 3 is 2.08 bits per heavy atom. The van der Waals surface area contributed by atoms with Gasteiger partial charge in [-0.2, -0.15) is 0 Å². The number of aliphatic hydroxyl groups excluding tert-OH is 2. The van der Waals surface area contributed by atoms with E-state index in [-0.39, 0.29) is 19.4 Å². The molecule has 0 aromatic heterocycles. The molecular weight excluding hydrogens is 527 g/mol. The minimum atomic E-state index is -4.59. The second kappa shape index (κ2) is 25.4. The van der Waals surface area contributed by atoms with Crippen molar-refractivity contribution in [3.05, 3.63) is 24.3 Å². The van der Waals surface area contributed by atoms with Gasteiger partial charge >= 0.3 is 19.8 Å². The van der Waals surface area contributed by atoms with Gasteiger partial charge in [-0.05, 0) is 38.5 Å². The molecule has 0 aromatic rings. The van der Waals surface area contributed by atoms with Gasteiger partial charge in [-0.25, -0.2) is 4.57 Å². The van der Waals surface area contributed by atoms with Crippen LogP contribution in [0.5, 0.6) is 0 Å². The lowest BCUT2D eigenvalue weighted by Crippen LogP contribution is -2.29. The summed E-state index contributed by atoms with van der Waals surface area (Å²) in [4.78, 5) is 34.0. The van der Waals surface area contributed by atoms with Crippen LogP contribution in [-0.4, -0.2) is 65.7 Å². The van der Waals surface area contributed by atoms with Gasteiger partial charge in [-0.3, -0.25) is 18.6 Å². The fourth-order valence-corrected chi connectivity index (χ4v) is 4.11. The topological polar surface area (TPSA) is 149 Å². The van der Waals surface area contributed by atoms with Crippen LogP contribution < -0.4 is 0 Å². The van der Waals surface area contributed by atoms with E-state index in [4.69, 9.17) is 19.1 Å². The summed E-state index contributed by atoms with van der Waals surface area (Å²) in [5.74, 6) is -0.976. The number of phosphoric acid groups is 1. The van der Waals surface area contributed by atoms with Gasteiger partial charge in [0.05, 0.1) is 19.8 Å². The number of hydrogen-bond donors (Lipinski definition) is 3. The Bertz CT molecular complexity index is 725. The third-order valence-corrected chi connectivity index (χ3v) is 6.54. The molecule has 0 saturated carbocycles. The fraction of sp³-hybridized carbons (Fsp3) is 0.786. The predicted octanol–water partition coefficient (Wildman–Crippen LogP) is 5.54. The zero-order valence-electron chi connectivity index (χ0n) is 23.8. The molecule has 0 fully saturated rings. The summed E-state index contributed by atoms with van der Waals surface area (Å²) >= 11 is 0. The number of hydrogen-bond acceptors (Lipinski definition) is 9. The maximum absolute atomic E-state index is 12.3. The normalized spacial score (nSPS) is 14.9. The summed E-state index contributed by atoms with van der Waals surface area (Å²) in [5, 5.41) is 18.1. The smallest absolute Gasteiger partial charge is 0.462 e. The number of phosphoric ester groups is 1. The van der Waals surface area contributed by atoms with E-state index in [2.05, 4.69) is 35.8 Å². The number of ether oxygens (including phenoxy) is 2. The first-order valence-corrected chi connectivity index (χ1v) is 15.8. The quantitative estimate of drug-likeness (QED) is 0.0517. The molecular formula is C28H51O10P. The Hall–Kier alpha value is -1.55. The second-order valence-electron chi connectivity index (χ2n) is 9.42. The number of aliphatic hydroxyl groups is 2. The Labute approximate surface area is 234 Å². The lowest BCUT2D eigenvalue weighted by Gasteiger charge is -2.20. The van der Waals surface area contributed by atoms with Gasteiger partial charge in [-0.15, -0.1) is 0 Å². The van der Waals surface area contributed by atoms with Gasteiger partial charge < -0.3 is 24.6 Å². The SMILES string of the molecule is CCC/C=C\C/C=C\CCCCCCCC(=O)OC(COC(=O)CCCCC)COP(=O)(O)OCC(O)CO. The van der Waals surface area contributed by atoms with Crippen LogP contribution in [-0.2, 0) is 32.7 Å². The zero-order valence-corrected chi connectivity index (χ0v) is 24.7. The van der Waals surface area contributed by atoms with Crippen LogP contribution >= 0.6 is 7.82 Å². The highest BCUT2D eigenvalue weighted by atomic mass is 31.2. The van der Waals surface area contributed by atoms with Crippen LogP contribution in [0.3, 0.4) is 0 Å². The number of allylic oxidation sites excluding steroid dienone is 4. The summed E-state index contributed by atoms with van der Waals surface area (Å²) in [6.45, 7) is 2.04. The Morgan fingerprint density at radius 2 is 1.38 bits per heavy atom. The molecule has 10 nitrogen and oxygen atoms in total. The van der Waals surface area contributed by atoms with Crippen LogP contribution in [0.25, 0.3) is 0 Å². The van der Waals surface area contributed by atoms with Crippen molar-refractivity contribution in [2.24, 2.45) is 0 Å². The lowest BCUT2D eigenvalue weighted by molar-refractivity contribution is -0.161. The number of unbranched alkanes of at least 4 members (excludes halogenated alkanes) is 8. The van der Waals surface area contributed by atoms with Crippen molar-refractivity contribution in [1.82, 2.24) is 0 Å². The molecule has 228 valence electrons. The van der Waals surface area contributed by atoms with Gasteiger partial charge in [-0.1, -0.05) is 76.7 Å². The van der Waals surface area contributed by atoms with Crippen molar-refractivity contribution in [2.75, 3.05) is 26.4 Å². The molecule has 0 aliphatic heterocycles. The summed E-state index contributed by atoms with van der Waals surface area (Å²) in [6.07, 6.45) is 18.3. The molecule has 0 aliphatic carbocycles. The molecule has 0 bridgehead atoms. The number of rotatable bonds is 26. The minimum Gasteiger partial charge on any atom is -0.462 e. The summed E-state index contributed by atoms with van der Waals surface area (Å²) in [5.41, 5.74) is 0. The Kier molecular flexibility index (Phi) is 24.4. The fourth-order valence-electron chi connectivity index (χ4n) is 3.32. The molecule has 0 rings (SSSR count). The first-order chi connectivity index (χ1) is 18.7. The maximum Gasteiger partial charge on any atom is 0.472 e. The van der Waals surface area contributed by atoms with Crippen LogP contribution in [0, 0.1) is 0 Å². The van der Waals surface area contributed by atoms with E-state index >= 15 is 0 Å². The molecule has 0 aliphatic rings. The third-order valence-electron chi connectivity index (χ3n) is 5.59. The van der Waals surface area contributed by atoms with Gasteiger partial charge in [0, 0.05) is 12.8 Å². The molecule has 39 heavy (non-hydrogen) atoms. The first-order valence-electron chi connectivity index (χ1n) is 14.3.